The molecule has 92 valence electrons. The molecule has 1 nitrogen and oxygen atoms in total. The van der Waals surface area contributed by atoms with Crippen LogP contribution in [-0.2, 0) is 13.0 Å². The Morgan fingerprint density at radius 3 is 1.78 bits per heavy atom. The molecule has 0 amide bonds. The van der Waals surface area contributed by atoms with Gasteiger partial charge in [0.15, 0.2) is 0 Å². The number of hydrogen-bond acceptors (Lipinski definition) is 1. The van der Waals surface area contributed by atoms with E-state index in [1.165, 1.54) is 29.5 Å². The number of rotatable bonds is 4. The van der Waals surface area contributed by atoms with E-state index in [9.17, 15) is 0 Å². The van der Waals surface area contributed by atoms with Gasteiger partial charge in [0, 0.05) is 0 Å². The van der Waals surface area contributed by atoms with Crippen LogP contribution in [-0.4, -0.2) is 5.11 Å². The van der Waals surface area contributed by atoms with Gasteiger partial charge >= 0.3 is 0 Å². The van der Waals surface area contributed by atoms with Crippen molar-refractivity contribution in [1.82, 2.24) is 0 Å². The van der Waals surface area contributed by atoms with Gasteiger partial charge in [0.05, 0.1) is 6.61 Å². The minimum absolute atomic E-state index is 0.121. The van der Waals surface area contributed by atoms with E-state index < -0.39 is 0 Å². The second kappa shape index (κ2) is 4.95. The summed E-state index contributed by atoms with van der Waals surface area (Å²) < 4.78 is 0. The summed E-state index contributed by atoms with van der Waals surface area (Å²) in [4.78, 5) is 0. The lowest BCUT2D eigenvalue weighted by atomic mass is 10.0. The van der Waals surface area contributed by atoms with Crippen molar-refractivity contribution < 1.29 is 5.11 Å². The van der Waals surface area contributed by atoms with Crippen LogP contribution in [0.3, 0.4) is 0 Å². The van der Waals surface area contributed by atoms with Crippen LogP contribution in [0.5, 0.6) is 0 Å². The van der Waals surface area contributed by atoms with E-state index in [1.807, 2.05) is 12.1 Å². The third-order valence-corrected chi connectivity index (χ3v) is 3.64. The first-order chi connectivity index (χ1) is 8.85. The van der Waals surface area contributed by atoms with E-state index in [0.29, 0.717) is 0 Å². The molecule has 1 saturated carbocycles. The number of aliphatic hydroxyl groups excluding tert-OH is 1. The molecule has 3 rings (SSSR count). The molecule has 0 atom stereocenters. The maximum Gasteiger partial charge on any atom is 0.0681 e. The van der Waals surface area contributed by atoms with Gasteiger partial charge in [-0.15, -0.1) is 0 Å². The Morgan fingerprint density at radius 2 is 1.28 bits per heavy atom. The van der Waals surface area contributed by atoms with Crippen molar-refractivity contribution in [3.8, 4) is 0 Å². The zero-order valence-corrected chi connectivity index (χ0v) is 10.5. The van der Waals surface area contributed by atoms with E-state index in [-0.39, 0.29) is 6.61 Å². The Morgan fingerprint density at radius 1 is 0.778 bits per heavy atom. The first-order valence-electron chi connectivity index (χ1n) is 6.62. The van der Waals surface area contributed by atoms with E-state index in [4.69, 9.17) is 5.11 Å². The maximum absolute atomic E-state index is 9.01. The Labute approximate surface area is 108 Å². The number of hydrogen-bond donors (Lipinski definition) is 1. The van der Waals surface area contributed by atoms with Crippen LogP contribution in [0, 0.1) is 0 Å². The zero-order chi connectivity index (χ0) is 12.4. The molecule has 0 unspecified atom stereocenters. The topological polar surface area (TPSA) is 20.2 Å². The molecule has 1 aliphatic rings. The molecular formula is C17H18O. The Hall–Kier alpha value is -1.60. The van der Waals surface area contributed by atoms with E-state index in [1.54, 1.807) is 0 Å². The summed E-state index contributed by atoms with van der Waals surface area (Å²) in [5.41, 5.74) is 5.12. The Kier molecular flexibility index (Phi) is 3.16. The smallest absolute Gasteiger partial charge is 0.0681 e. The molecule has 0 radical (unpaired) electrons. The van der Waals surface area contributed by atoms with Gasteiger partial charge in [0.1, 0.15) is 0 Å². The second-order valence-corrected chi connectivity index (χ2v) is 5.17. The van der Waals surface area contributed by atoms with Gasteiger partial charge in [-0.05, 0) is 47.4 Å². The molecule has 0 heterocycles. The summed E-state index contributed by atoms with van der Waals surface area (Å²) in [6, 6.07) is 17.2. The molecule has 2 aromatic carbocycles. The summed E-state index contributed by atoms with van der Waals surface area (Å²) in [5, 5.41) is 9.01. The largest absolute Gasteiger partial charge is 0.392 e. The lowest BCUT2D eigenvalue weighted by Crippen LogP contribution is -1.90. The van der Waals surface area contributed by atoms with Gasteiger partial charge < -0.3 is 5.11 Å². The number of aliphatic hydroxyl groups is 1. The molecule has 18 heavy (non-hydrogen) atoms. The van der Waals surface area contributed by atoms with Crippen molar-refractivity contribution in [2.75, 3.05) is 0 Å². The molecule has 1 heteroatoms. The predicted octanol–water partition coefficient (Wildman–Crippen LogP) is 3.65. The maximum atomic E-state index is 9.01. The van der Waals surface area contributed by atoms with Gasteiger partial charge in [0.25, 0.3) is 0 Å². The molecule has 1 fully saturated rings. The fraction of sp³-hybridized carbons (Fsp3) is 0.294. The number of benzene rings is 2. The third kappa shape index (κ3) is 2.62. The van der Waals surface area contributed by atoms with Crippen LogP contribution in [0.1, 0.15) is 41.0 Å². The normalized spacial score (nSPS) is 14.7. The van der Waals surface area contributed by atoms with Gasteiger partial charge in [-0.2, -0.15) is 0 Å². The zero-order valence-electron chi connectivity index (χ0n) is 10.5. The standard InChI is InChI=1S/C17H18O/c18-12-15-3-1-13(2-4-15)11-14-5-7-16(8-6-14)17-9-10-17/h1-8,17-18H,9-12H2. The lowest BCUT2D eigenvalue weighted by Gasteiger charge is -2.05. The lowest BCUT2D eigenvalue weighted by molar-refractivity contribution is 0.282. The van der Waals surface area contributed by atoms with Crippen molar-refractivity contribution in [3.63, 3.8) is 0 Å². The van der Waals surface area contributed by atoms with Gasteiger partial charge in [-0.25, -0.2) is 0 Å². The van der Waals surface area contributed by atoms with Crippen molar-refractivity contribution in [3.05, 3.63) is 70.8 Å². The third-order valence-electron chi connectivity index (χ3n) is 3.64. The van der Waals surface area contributed by atoms with E-state index >= 15 is 0 Å². The van der Waals surface area contributed by atoms with Crippen LogP contribution in [0.2, 0.25) is 0 Å². The van der Waals surface area contributed by atoms with Gasteiger partial charge in [-0.1, -0.05) is 48.5 Å². The highest BCUT2D eigenvalue weighted by Gasteiger charge is 2.22. The second-order valence-electron chi connectivity index (χ2n) is 5.17. The van der Waals surface area contributed by atoms with Crippen LogP contribution in [0.15, 0.2) is 48.5 Å². The minimum atomic E-state index is 0.121. The summed E-state index contributed by atoms with van der Waals surface area (Å²) in [6.45, 7) is 0.121. The summed E-state index contributed by atoms with van der Waals surface area (Å²) in [7, 11) is 0. The Balaban J connectivity index is 1.70. The van der Waals surface area contributed by atoms with Crippen molar-refractivity contribution in [2.24, 2.45) is 0 Å². The van der Waals surface area contributed by atoms with Crippen molar-refractivity contribution in [2.45, 2.75) is 31.8 Å². The minimum Gasteiger partial charge on any atom is -0.392 e. The Bertz CT molecular complexity index is 506. The van der Waals surface area contributed by atoms with Crippen LogP contribution in [0.25, 0.3) is 0 Å². The van der Waals surface area contributed by atoms with Crippen molar-refractivity contribution in [1.29, 1.82) is 0 Å². The van der Waals surface area contributed by atoms with E-state index in [0.717, 1.165) is 17.9 Å². The molecular weight excluding hydrogens is 220 g/mol. The molecule has 0 bridgehead atoms. The summed E-state index contributed by atoms with van der Waals surface area (Å²) >= 11 is 0. The molecule has 2 aromatic rings. The molecule has 0 spiro atoms. The highest BCUT2D eigenvalue weighted by atomic mass is 16.3. The molecule has 0 aromatic heterocycles. The summed E-state index contributed by atoms with van der Waals surface area (Å²) in [5.74, 6) is 0.836. The van der Waals surface area contributed by atoms with Crippen molar-refractivity contribution >= 4 is 0 Å². The van der Waals surface area contributed by atoms with Crippen LogP contribution < -0.4 is 0 Å². The van der Waals surface area contributed by atoms with Crippen LogP contribution in [0.4, 0.5) is 0 Å². The first kappa shape index (κ1) is 11.5. The average molecular weight is 238 g/mol. The predicted molar refractivity (Wildman–Crippen MR) is 73.6 cm³/mol. The molecule has 0 aliphatic heterocycles. The van der Waals surface area contributed by atoms with E-state index in [2.05, 4.69) is 36.4 Å². The fourth-order valence-electron chi connectivity index (χ4n) is 2.32. The highest BCUT2D eigenvalue weighted by molar-refractivity contribution is 5.32. The molecule has 0 saturated heterocycles. The highest BCUT2D eigenvalue weighted by Crippen LogP contribution is 2.39. The van der Waals surface area contributed by atoms with Gasteiger partial charge in [0.2, 0.25) is 0 Å². The SMILES string of the molecule is OCc1ccc(Cc2ccc(C3CC3)cc2)cc1. The monoisotopic (exact) mass is 238 g/mol. The quantitative estimate of drug-likeness (QED) is 0.862. The molecule has 1 N–H and O–H groups in total. The fourth-order valence-corrected chi connectivity index (χ4v) is 2.32. The summed E-state index contributed by atoms with van der Waals surface area (Å²) in [6.07, 6.45) is 3.70. The average Bonchev–Trinajstić information content (AvgIpc) is 3.25. The molecule has 1 aliphatic carbocycles. The first-order valence-corrected chi connectivity index (χ1v) is 6.62. The van der Waals surface area contributed by atoms with Crippen LogP contribution >= 0.6 is 0 Å². The van der Waals surface area contributed by atoms with Gasteiger partial charge in [-0.3, -0.25) is 0 Å².